The van der Waals surface area contributed by atoms with Gasteiger partial charge in [0, 0.05) is 12.1 Å². The lowest BCUT2D eigenvalue weighted by molar-refractivity contribution is -0.376. The number of alkyl halides is 6. The maximum atomic E-state index is 10.5. The van der Waals surface area contributed by atoms with Crippen molar-refractivity contribution in [1.29, 1.82) is 0 Å². The third-order valence-corrected chi connectivity index (χ3v) is 4.43. The average molecular weight is 500 g/mol. The SMILES string of the molecule is O=C([O-])C(F)(F)F.O=C([O-])C(F)(F)F.c1cc2scnc2c[nH+]1.c1cc2scnc2c[nH+]1. The zero-order valence-electron chi connectivity index (χ0n) is 15.2. The number of aliphatic carboxylic acids is 2. The number of thiazole rings is 2. The number of rotatable bonds is 0. The molecule has 4 aromatic heterocycles. The molecule has 0 amide bonds. The zero-order valence-corrected chi connectivity index (χ0v) is 16.9. The maximum Gasteiger partial charge on any atom is 0.430 e. The van der Waals surface area contributed by atoms with Gasteiger partial charge in [0.05, 0.1) is 20.4 Å². The number of carboxylic acids is 2. The number of carbonyl (C=O) groups is 2. The van der Waals surface area contributed by atoms with E-state index >= 15 is 0 Å². The molecule has 16 heteroatoms. The Hall–Kier alpha value is -3.40. The van der Waals surface area contributed by atoms with E-state index in [4.69, 9.17) is 19.8 Å². The van der Waals surface area contributed by atoms with Gasteiger partial charge in [0.1, 0.15) is 23.0 Å². The van der Waals surface area contributed by atoms with Crippen LogP contribution in [0, 0.1) is 0 Å². The number of carbonyl (C=O) groups excluding carboxylic acids is 2. The highest BCUT2D eigenvalue weighted by Crippen LogP contribution is 2.14. The van der Waals surface area contributed by atoms with Crippen molar-refractivity contribution in [1.82, 2.24) is 9.97 Å². The van der Waals surface area contributed by atoms with E-state index in [-0.39, 0.29) is 0 Å². The lowest BCUT2D eigenvalue weighted by Gasteiger charge is -2.03. The molecule has 0 radical (unpaired) electrons. The Morgan fingerprint density at radius 1 is 0.750 bits per heavy atom. The van der Waals surface area contributed by atoms with Gasteiger partial charge in [-0.05, 0) is 0 Å². The number of hydrogen-bond acceptors (Lipinski definition) is 8. The number of fused-ring (bicyclic) bond motifs is 2. The first-order chi connectivity index (χ1) is 14.8. The summed E-state index contributed by atoms with van der Waals surface area (Å²) in [6.45, 7) is 0. The van der Waals surface area contributed by atoms with Crippen molar-refractivity contribution >= 4 is 55.0 Å². The van der Waals surface area contributed by atoms with E-state index in [1.165, 1.54) is 9.40 Å². The molecule has 0 spiro atoms. The maximum absolute atomic E-state index is 10.5. The van der Waals surface area contributed by atoms with Crippen molar-refractivity contribution in [2.75, 3.05) is 0 Å². The average Bonchev–Trinajstić information content (AvgIpc) is 3.37. The number of pyridine rings is 2. The molecule has 4 aromatic rings. The number of H-pyrrole nitrogens is 2. The van der Waals surface area contributed by atoms with E-state index in [2.05, 4.69) is 19.9 Å². The van der Waals surface area contributed by atoms with E-state index in [1.54, 1.807) is 22.7 Å². The molecule has 0 aliphatic heterocycles. The summed E-state index contributed by atoms with van der Waals surface area (Å²) in [5, 5.41) is 17.6. The molecule has 0 saturated heterocycles. The fourth-order valence-electron chi connectivity index (χ4n) is 1.50. The second-order valence-corrected chi connectivity index (χ2v) is 6.84. The molecule has 0 fully saturated rings. The van der Waals surface area contributed by atoms with Gasteiger partial charge in [0.15, 0.2) is 24.8 Å². The first-order valence-electron chi connectivity index (χ1n) is 7.77. The summed E-state index contributed by atoms with van der Waals surface area (Å²) in [5.41, 5.74) is 5.78. The Labute approximate surface area is 181 Å². The van der Waals surface area contributed by atoms with Crippen LogP contribution >= 0.6 is 22.7 Å². The van der Waals surface area contributed by atoms with Gasteiger partial charge < -0.3 is 19.8 Å². The first kappa shape index (κ1) is 26.6. The summed E-state index contributed by atoms with van der Waals surface area (Å²) in [6, 6.07) is 4.04. The van der Waals surface area contributed by atoms with Gasteiger partial charge in [0.2, 0.25) is 0 Å². The lowest BCUT2D eigenvalue weighted by atomic mass is 10.5. The highest BCUT2D eigenvalue weighted by Gasteiger charge is 2.29. The van der Waals surface area contributed by atoms with Crippen LogP contribution in [-0.4, -0.2) is 34.3 Å². The molecule has 32 heavy (non-hydrogen) atoms. The van der Waals surface area contributed by atoms with Crippen molar-refractivity contribution in [2.24, 2.45) is 0 Å². The fraction of sp³-hybridized carbons (Fsp3) is 0.125. The van der Waals surface area contributed by atoms with Crippen molar-refractivity contribution in [3.05, 3.63) is 47.9 Å². The minimum Gasteiger partial charge on any atom is -0.542 e. The molecule has 0 aromatic carbocycles. The number of aromatic nitrogens is 4. The van der Waals surface area contributed by atoms with Crippen molar-refractivity contribution in [3.63, 3.8) is 0 Å². The standard InChI is InChI=1S/2C6H4N2S.2C2HF3O2/c2*1-2-7-3-5-6(1)9-4-8-5;2*3-2(4,5)1(6)7/h2*1-4H;2*(H,6,7). The van der Waals surface area contributed by atoms with Gasteiger partial charge in [-0.25, -0.2) is 19.9 Å². The van der Waals surface area contributed by atoms with Crippen LogP contribution in [0.3, 0.4) is 0 Å². The van der Waals surface area contributed by atoms with Gasteiger partial charge >= 0.3 is 12.4 Å². The second-order valence-electron chi connectivity index (χ2n) is 5.06. The van der Waals surface area contributed by atoms with Gasteiger partial charge in [-0.3, -0.25) is 0 Å². The monoisotopic (exact) mass is 500 g/mol. The third kappa shape index (κ3) is 9.61. The highest BCUT2D eigenvalue weighted by molar-refractivity contribution is 7.17. The second kappa shape index (κ2) is 11.8. The van der Waals surface area contributed by atoms with Crippen molar-refractivity contribution < 1.29 is 56.1 Å². The minimum absolute atomic E-state index is 1.04. The Morgan fingerprint density at radius 2 is 1.06 bits per heavy atom. The number of hydrogen-bond donors (Lipinski definition) is 0. The van der Waals surface area contributed by atoms with Crippen LogP contribution in [0.5, 0.6) is 0 Å². The first-order valence-corrected chi connectivity index (χ1v) is 9.53. The van der Waals surface area contributed by atoms with E-state index in [9.17, 15) is 26.3 Å². The predicted octanol–water partition coefficient (Wildman–Crippen LogP) is 0.818. The Morgan fingerprint density at radius 3 is 1.31 bits per heavy atom. The van der Waals surface area contributed by atoms with Crippen LogP contribution in [0.25, 0.3) is 20.4 Å². The Bertz CT molecular complexity index is 996. The summed E-state index contributed by atoms with van der Waals surface area (Å²) < 4.78 is 65.6. The molecule has 2 N–H and O–H groups in total. The predicted molar refractivity (Wildman–Crippen MR) is 94.5 cm³/mol. The molecular weight excluding hydrogens is 490 g/mol. The van der Waals surface area contributed by atoms with Gasteiger partial charge in [-0.2, -0.15) is 26.3 Å². The number of nitrogens with one attached hydrogen (secondary N) is 2. The molecule has 0 aliphatic carbocycles. The van der Waals surface area contributed by atoms with Crippen LogP contribution in [0.1, 0.15) is 0 Å². The number of halogens is 6. The lowest BCUT2D eigenvalue weighted by Crippen LogP contribution is -2.37. The van der Waals surface area contributed by atoms with Gasteiger partial charge in [0.25, 0.3) is 0 Å². The molecular formula is C16H10F6N4O4S2. The Kier molecular flexibility index (Phi) is 9.86. The summed E-state index contributed by atoms with van der Waals surface area (Å²) in [4.78, 5) is 31.7. The number of carboxylic acid groups (broad SMARTS) is 2. The quantitative estimate of drug-likeness (QED) is 0.328. The number of aromatic amines is 2. The Balaban J connectivity index is 0.000000216. The molecule has 0 saturated carbocycles. The molecule has 172 valence electrons. The van der Waals surface area contributed by atoms with E-state index < -0.39 is 24.3 Å². The topological polar surface area (TPSA) is 134 Å². The van der Waals surface area contributed by atoms with Gasteiger partial charge in [-0.1, -0.05) is 0 Å². The highest BCUT2D eigenvalue weighted by atomic mass is 32.1. The molecule has 8 nitrogen and oxygen atoms in total. The zero-order chi connectivity index (χ0) is 24.4. The molecule has 0 aliphatic rings. The summed E-state index contributed by atoms with van der Waals surface area (Å²) in [5.74, 6) is -6.01. The summed E-state index contributed by atoms with van der Waals surface area (Å²) in [6.07, 6.45) is -2.79. The molecule has 4 heterocycles. The third-order valence-electron chi connectivity index (χ3n) is 2.81. The smallest absolute Gasteiger partial charge is 0.430 e. The van der Waals surface area contributed by atoms with Crippen LogP contribution in [0.2, 0.25) is 0 Å². The van der Waals surface area contributed by atoms with E-state index in [1.807, 2.05) is 47.9 Å². The van der Waals surface area contributed by atoms with Crippen LogP contribution < -0.4 is 20.2 Å². The van der Waals surface area contributed by atoms with Crippen LogP contribution in [-0.2, 0) is 9.59 Å². The minimum atomic E-state index is -5.19. The van der Waals surface area contributed by atoms with Gasteiger partial charge in [-0.15, -0.1) is 22.7 Å². The molecule has 0 bridgehead atoms. The molecule has 4 rings (SSSR count). The largest absolute Gasteiger partial charge is 0.542 e. The summed E-state index contributed by atoms with van der Waals surface area (Å²) >= 11 is 3.31. The van der Waals surface area contributed by atoms with Crippen molar-refractivity contribution in [3.8, 4) is 0 Å². The molecule has 0 atom stereocenters. The van der Waals surface area contributed by atoms with Crippen LogP contribution in [0.15, 0.2) is 47.9 Å². The van der Waals surface area contributed by atoms with Crippen molar-refractivity contribution in [2.45, 2.75) is 12.4 Å². The van der Waals surface area contributed by atoms with Crippen LogP contribution in [0.4, 0.5) is 26.3 Å². The van der Waals surface area contributed by atoms with E-state index in [0.717, 1.165) is 11.0 Å². The summed E-state index contributed by atoms with van der Waals surface area (Å²) in [7, 11) is 0. The van der Waals surface area contributed by atoms with E-state index in [0.29, 0.717) is 0 Å². The fourth-order valence-corrected chi connectivity index (χ4v) is 2.81. The normalized spacial score (nSPS) is 10.7. The molecule has 0 unspecified atom stereocenters. The number of nitrogens with zero attached hydrogens (tertiary/aromatic N) is 2.